The van der Waals surface area contributed by atoms with Gasteiger partial charge in [-0.1, -0.05) is 0 Å². The second-order valence-electron chi connectivity index (χ2n) is 3.92. The van der Waals surface area contributed by atoms with Gasteiger partial charge in [0.05, 0.1) is 13.2 Å². The number of benzene rings is 1. The Morgan fingerprint density at radius 2 is 1.72 bits per heavy atom. The molecule has 0 aliphatic rings. The first-order valence-electron chi connectivity index (χ1n) is 5.96. The van der Waals surface area contributed by atoms with Crippen molar-refractivity contribution < 1.29 is 19.1 Å². The van der Waals surface area contributed by atoms with Crippen LogP contribution < -0.4 is 4.74 Å². The van der Waals surface area contributed by atoms with Crippen LogP contribution >= 0.6 is 0 Å². The van der Waals surface area contributed by atoms with E-state index in [1.807, 2.05) is 13.8 Å². The lowest BCUT2D eigenvalue weighted by Crippen LogP contribution is -2.18. The van der Waals surface area contributed by atoms with Crippen LogP contribution in [-0.4, -0.2) is 25.0 Å². The summed E-state index contributed by atoms with van der Waals surface area (Å²) in [4.78, 5) is 23.3. The molecule has 0 saturated heterocycles. The van der Waals surface area contributed by atoms with Crippen molar-refractivity contribution in [3.05, 3.63) is 28.8 Å². The molecule has 4 heteroatoms. The Balaban J connectivity index is 3.07. The van der Waals surface area contributed by atoms with Crippen LogP contribution in [0.15, 0.2) is 12.1 Å². The van der Waals surface area contributed by atoms with Crippen LogP contribution in [0.25, 0.3) is 0 Å². The first-order chi connectivity index (χ1) is 8.51. The number of aryl methyl sites for hydroxylation is 2. The standard InChI is InChI=1S/C14H18O4/c1-5-17-12-8-9(3)11(7-10(12)4)13(15)14(16)18-6-2/h7-8H,5-6H2,1-4H3. The molecule has 0 spiro atoms. The number of ketones is 1. The molecule has 0 amide bonds. The fourth-order valence-corrected chi connectivity index (χ4v) is 1.65. The first-order valence-corrected chi connectivity index (χ1v) is 5.96. The number of hydrogen-bond acceptors (Lipinski definition) is 4. The molecule has 0 radical (unpaired) electrons. The number of rotatable bonds is 5. The monoisotopic (exact) mass is 250 g/mol. The highest BCUT2D eigenvalue weighted by Gasteiger charge is 2.20. The molecular formula is C14H18O4. The molecule has 1 aromatic carbocycles. The lowest BCUT2D eigenvalue weighted by Gasteiger charge is -2.11. The predicted molar refractivity (Wildman–Crippen MR) is 68.0 cm³/mol. The molecular weight excluding hydrogens is 232 g/mol. The molecule has 0 fully saturated rings. The number of carbonyl (C=O) groups excluding carboxylic acids is 2. The molecule has 0 saturated carbocycles. The summed E-state index contributed by atoms with van der Waals surface area (Å²) in [6.45, 7) is 7.93. The van der Waals surface area contributed by atoms with Crippen LogP contribution in [0.3, 0.4) is 0 Å². The molecule has 0 aromatic heterocycles. The van der Waals surface area contributed by atoms with E-state index in [0.29, 0.717) is 17.7 Å². The van der Waals surface area contributed by atoms with Crippen molar-refractivity contribution in [1.82, 2.24) is 0 Å². The van der Waals surface area contributed by atoms with E-state index >= 15 is 0 Å². The lowest BCUT2D eigenvalue weighted by molar-refractivity contribution is -0.137. The van der Waals surface area contributed by atoms with Crippen molar-refractivity contribution in [3.8, 4) is 5.75 Å². The van der Waals surface area contributed by atoms with Gasteiger partial charge in [0.15, 0.2) is 0 Å². The van der Waals surface area contributed by atoms with Gasteiger partial charge in [0, 0.05) is 5.56 Å². The van der Waals surface area contributed by atoms with Crippen LogP contribution in [0.1, 0.15) is 35.3 Å². The van der Waals surface area contributed by atoms with Gasteiger partial charge >= 0.3 is 5.97 Å². The summed E-state index contributed by atoms with van der Waals surface area (Å²) in [5.74, 6) is -0.694. The maximum atomic E-state index is 11.9. The van der Waals surface area contributed by atoms with E-state index in [4.69, 9.17) is 9.47 Å². The second kappa shape index (κ2) is 6.19. The van der Waals surface area contributed by atoms with Gasteiger partial charge in [0.2, 0.25) is 0 Å². The molecule has 1 rings (SSSR count). The SMILES string of the molecule is CCOC(=O)C(=O)c1cc(C)c(OCC)cc1C. The highest BCUT2D eigenvalue weighted by molar-refractivity contribution is 6.41. The van der Waals surface area contributed by atoms with E-state index < -0.39 is 11.8 Å². The summed E-state index contributed by atoms with van der Waals surface area (Å²) in [6, 6.07) is 3.44. The quantitative estimate of drug-likeness (QED) is 0.457. The van der Waals surface area contributed by atoms with E-state index in [0.717, 1.165) is 11.3 Å². The summed E-state index contributed by atoms with van der Waals surface area (Å²) in [6.07, 6.45) is 0. The minimum atomic E-state index is -0.816. The van der Waals surface area contributed by atoms with Crippen LogP contribution in [-0.2, 0) is 9.53 Å². The van der Waals surface area contributed by atoms with Gasteiger partial charge in [-0.2, -0.15) is 0 Å². The van der Waals surface area contributed by atoms with E-state index in [-0.39, 0.29) is 6.61 Å². The fourth-order valence-electron chi connectivity index (χ4n) is 1.65. The molecule has 18 heavy (non-hydrogen) atoms. The molecule has 0 heterocycles. The Morgan fingerprint density at radius 1 is 1.06 bits per heavy atom. The van der Waals surface area contributed by atoms with Gasteiger partial charge in [0.25, 0.3) is 5.78 Å². The Kier molecular flexibility index (Phi) is 4.89. The van der Waals surface area contributed by atoms with Gasteiger partial charge in [-0.15, -0.1) is 0 Å². The van der Waals surface area contributed by atoms with Gasteiger partial charge in [-0.25, -0.2) is 4.79 Å². The van der Waals surface area contributed by atoms with E-state index in [1.165, 1.54) is 0 Å². The summed E-state index contributed by atoms with van der Waals surface area (Å²) in [7, 11) is 0. The lowest BCUT2D eigenvalue weighted by atomic mass is 10.0. The molecule has 0 atom stereocenters. The smallest absolute Gasteiger partial charge is 0.379 e. The largest absolute Gasteiger partial charge is 0.494 e. The number of esters is 1. The van der Waals surface area contributed by atoms with Crippen LogP contribution in [0.5, 0.6) is 5.75 Å². The zero-order valence-corrected chi connectivity index (χ0v) is 11.2. The van der Waals surface area contributed by atoms with Gasteiger partial charge < -0.3 is 9.47 Å². The predicted octanol–water partition coefficient (Wildman–Crippen LogP) is 2.45. The maximum Gasteiger partial charge on any atom is 0.379 e. The molecule has 0 N–H and O–H groups in total. The van der Waals surface area contributed by atoms with Gasteiger partial charge in [0.1, 0.15) is 5.75 Å². The minimum Gasteiger partial charge on any atom is -0.494 e. The summed E-state index contributed by atoms with van der Waals surface area (Å²) >= 11 is 0. The normalized spacial score (nSPS) is 10.0. The molecule has 0 bridgehead atoms. The number of Topliss-reactive ketones (excluding diaryl/α,β-unsaturated/α-hetero) is 1. The number of hydrogen-bond donors (Lipinski definition) is 0. The maximum absolute atomic E-state index is 11.9. The minimum absolute atomic E-state index is 0.194. The third-order valence-corrected chi connectivity index (χ3v) is 2.53. The summed E-state index contributed by atoms with van der Waals surface area (Å²) < 4.78 is 10.1. The van der Waals surface area contributed by atoms with Crippen molar-refractivity contribution in [1.29, 1.82) is 0 Å². The highest BCUT2D eigenvalue weighted by atomic mass is 16.5. The third-order valence-electron chi connectivity index (χ3n) is 2.53. The highest BCUT2D eigenvalue weighted by Crippen LogP contribution is 2.23. The third kappa shape index (κ3) is 3.09. The molecule has 1 aromatic rings. The topological polar surface area (TPSA) is 52.6 Å². The van der Waals surface area contributed by atoms with E-state index in [2.05, 4.69) is 0 Å². The van der Waals surface area contributed by atoms with Crippen molar-refractivity contribution in [2.45, 2.75) is 27.7 Å². The van der Waals surface area contributed by atoms with Crippen molar-refractivity contribution in [2.75, 3.05) is 13.2 Å². The van der Waals surface area contributed by atoms with E-state index in [1.54, 1.807) is 26.0 Å². The number of ether oxygens (including phenoxy) is 2. The van der Waals surface area contributed by atoms with Crippen LogP contribution in [0, 0.1) is 13.8 Å². The Hall–Kier alpha value is -1.84. The average Bonchev–Trinajstić information content (AvgIpc) is 2.33. The van der Waals surface area contributed by atoms with Crippen molar-refractivity contribution in [2.24, 2.45) is 0 Å². The fraction of sp³-hybridized carbons (Fsp3) is 0.429. The zero-order valence-electron chi connectivity index (χ0n) is 11.2. The molecule has 0 aliphatic heterocycles. The Morgan fingerprint density at radius 3 is 2.28 bits per heavy atom. The zero-order chi connectivity index (χ0) is 13.7. The van der Waals surface area contributed by atoms with Crippen molar-refractivity contribution >= 4 is 11.8 Å². The Bertz CT molecular complexity index is 463. The van der Waals surface area contributed by atoms with Crippen LogP contribution in [0.4, 0.5) is 0 Å². The van der Waals surface area contributed by atoms with Gasteiger partial charge in [-0.3, -0.25) is 4.79 Å². The molecule has 98 valence electrons. The first kappa shape index (κ1) is 14.2. The van der Waals surface area contributed by atoms with Crippen LogP contribution in [0.2, 0.25) is 0 Å². The second-order valence-corrected chi connectivity index (χ2v) is 3.92. The van der Waals surface area contributed by atoms with Crippen molar-refractivity contribution in [3.63, 3.8) is 0 Å². The molecule has 4 nitrogen and oxygen atoms in total. The Labute approximate surface area is 107 Å². The summed E-state index contributed by atoms with van der Waals surface area (Å²) in [5, 5.41) is 0. The molecule has 0 unspecified atom stereocenters. The van der Waals surface area contributed by atoms with Gasteiger partial charge in [-0.05, 0) is 51.0 Å². The number of carbonyl (C=O) groups is 2. The summed E-state index contributed by atoms with van der Waals surface area (Å²) in [5.41, 5.74) is 1.91. The van der Waals surface area contributed by atoms with E-state index in [9.17, 15) is 9.59 Å². The average molecular weight is 250 g/mol. The molecule has 0 aliphatic carbocycles.